The van der Waals surface area contributed by atoms with Crippen LogP contribution in [-0.2, 0) is 0 Å². The van der Waals surface area contributed by atoms with Crippen molar-refractivity contribution in [1.29, 1.82) is 0 Å². The average Bonchev–Trinajstić information content (AvgIpc) is 1.99. The van der Waals surface area contributed by atoms with Gasteiger partial charge < -0.3 is 10.5 Å². The minimum atomic E-state index is -4.77. The van der Waals surface area contributed by atoms with Gasteiger partial charge in [-0.25, -0.2) is 4.98 Å². The Morgan fingerprint density at radius 1 is 1.43 bits per heavy atom. The molecule has 4 nitrogen and oxygen atoms in total. The highest BCUT2D eigenvalue weighted by Gasteiger charge is 2.32. The molecule has 1 aromatic heterocycles. The summed E-state index contributed by atoms with van der Waals surface area (Å²) in [6.45, 7) is 0. The molecule has 0 bridgehead atoms. The summed E-state index contributed by atoms with van der Waals surface area (Å²) in [6, 6.07) is 1.06. The molecule has 0 radical (unpaired) electrons. The largest absolute Gasteiger partial charge is 0.574 e. The number of ether oxygens (including phenoxy) is 1. The number of hydrogen-bond acceptors (Lipinski definition) is 5. The van der Waals surface area contributed by atoms with Gasteiger partial charge in [0.15, 0.2) is 0 Å². The van der Waals surface area contributed by atoms with Gasteiger partial charge >= 0.3 is 6.36 Å². The molecule has 0 fully saturated rings. The zero-order valence-corrected chi connectivity index (χ0v) is 7.82. The van der Waals surface area contributed by atoms with Crippen molar-refractivity contribution in [1.82, 2.24) is 9.97 Å². The summed E-state index contributed by atoms with van der Waals surface area (Å²) in [5.74, 6) is -0.856. The highest BCUT2D eigenvalue weighted by Crippen LogP contribution is 2.24. The second-order valence-electron chi connectivity index (χ2n) is 2.15. The SMILES string of the molecule is CSc1cc(OC(F)(F)F)nc(N)n1. The van der Waals surface area contributed by atoms with E-state index in [1.807, 2.05) is 0 Å². The molecule has 0 saturated heterocycles. The maximum atomic E-state index is 11.8. The van der Waals surface area contributed by atoms with Crippen molar-refractivity contribution >= 4 is 17.7 Å². The van der Waals surface area contributed by atoms with Gasteiger partial charge in [-0.3, -0.25) is 0 Å². The zero-order valence-electron chi connectivity index (χ0n) is 7.00. The van der Waals surface area contributed by atoms with Crippen molar-refractivity contribution in [2.75, 3.05) is 12.0 Å². The smallest absolute Gasteiger partial charge is 0.388 e. The lowest BCUT2D eigenvalue weighted by atomic mass is 10.6. The van der Waals surface area contributed by atoms with Crippen LogP contribution in [0.2, 0.25) is 0 Å². The van der Waals surface area contributed by atoms with E-state index in [1.165, 1.54) is 0 Å². The second kappa shape index (κ2) is 3.91. The lowest BCUT2D eigenvalue weighted by Gasteiger charge is -2.08. The van der Waals surface area contributed by atoms with Crippen molar-refractivity contribution in [3.63, 3.8) is 0 Å². The van der Waals surface area contributed by atoms with Gasteiger partial charge in [0.05, 0.1) is 0 Å². The first kappa shape index (κ1) is 10.9. The van der Waals surface area contributed by atoms with Gasteiger partial charge in [-0.05, 0) is 6.26 Å². The molecule has 0 amide bonds. The normalized spacial score (nSPS) is 11.4. The number of rotatable bonds is 2. The van der Waals surface area contributed by atoms with Crippen LogP contribution in [0.25, 0.3) is 0 Å². The van der Waals surface area contributed by atoms with Crippen LogP contribution in [0.1, 0.15) is 0 Å². The second-order valence-corrected chi connectivity index (χ2v) is 2.98. The van der Waals surface area contributed by atoms with E-state index in [0.717, 1.165) is 17.8 Å². The number of nitrogen functional groups attached to an aromatic ring is 1. The molecule has 0 spiro atoms. The molecule has 0 unspecified atom stereocenters. The Labute approximate surface area is 81.7 Å². The third-order valence-electron chi connectivity index (χ3n) is 1.13. The van der Waals surface area contributed by atoms with E-state index in [2.05, 4.69) is 14.7 Å². The number of alkyl halides is 3. The molecule has 0 saturated carbocycles. The van der Waals surface area contributed by atoms with Crippen LogP contribution in [0.4, 0.5) is 19.1 Å². The molecule has 1 rings (SSSR count). The van der Waals surface area contributed by atoms with Gasteiger partial charge in [-0.15, -0.1) is 24.9 Å². The van der Waals surface area contributed by atoms with E-state index in [0.29, 0.717) is 5.03 Å². The van der Waals surface area contributed by atoms with Gasteiger partial charge in [-0.2, -0.15) is 4.98 Å². The van der Waals surface area contributed by atoms with Crippen LogP contribution in [0.3, 0.4) is 0 Å². The van der Waals surface area contributed by atoms with Crippen LogP contribution in [0, 0.1) is 0 Å². The van der Waals surface area contributed by atoms with Crippen molar-refractivity contribution < 1.29 is 17.9 Å². The van der Waals surface area contributed by atoms with Gasteiger partial charge in [-0.1, -0.05) is 0 Å². The number of nitrogens with two attached hydrogens (primary N) is 1. The van der Waals surface area contributed by atoms with E-state index in [-0.39, 0.29) is 5.95 Å². The van der Waals surface area contributed by atoms with Crippen LogP contribution in [-0.4, -0.2) is 22.6 Å². The molecule has 78 valence electrons. The number of anilines is 1. The Morgan fingerprint density at radius 3 is 2.57 bits per heavy atom. The molecule has 0 aromatic carbocycles. The average molecular weight is 225 g/mol. The van der Waals surface area contributed by atoms with E-state index >= 15 is 0 Å². The molecule has 0 aliphatic heterocycles. The highest BCUT2D eigenvalue weighted by atomic mass is 32.2. The van der Waals surface area contributed by atoms with E-state index in [4.69, 9.17) is 5.73 Å². The number of halogens is 3. The van der Waals surface area contributed by atoms with E-state index in [1.54, 1.807) is 6.26 Å². The van der Waals surface area contributed by atoms with Gasteiger partial charge in [0, 0.05) is 6.07 Å². The Morgan fingerprint density at radius 2 is 2.07 bits per heavy atom. The minimum Gasteiger partial charge on any atom is -0.388 e. The fraction of sp³-hybridized carbons (Fsp3) is 0.333. The quantitative estimate of drug-likeness (QED) is 0.612. The summed E-state index contributed by atoms with van der Waals surface area (Å²) in [5, 5.41) is 0.316. The molecular formula is C6H6F3N3OS. The molecule has 2 N–H and O–H groups in total. The summed E-state index contributed by atoms with van der Waals surface area (Å²) in [6.07, 6.45) is -3.12. The monoisotopic (exact) mass is 225 g/mol. The molecule has 0 aliphatic carbocycles. The van der Waals surface area contributed by atoms with Gasteiger partial charge in [0.2, 0.25) is 11.8 Å². The maximum Gasteiger partial charge on any atom is 0.574 e. The molecule has 14 heavy (non-hydrogen) atoms. The first-order valence-corrected chi connectivity index (χ1v) is 4.57. The van der Waals surface area contributed by atoms with Crippen LogP contribution < -0.4 is 10.5 Å². The lowest BCUT2D eigenvalue weighted by molar-refractivity contribution is -0.276. The highest BCUT2D eigenvalue weighted by molar-refractivity contribution is 7.98. The van der Waals surface area contributed by atoms with Gasteiger partial charge in [0.25, 0.3) is 0 Å². The van der Waals surface area contributed by atoms with Crippen LogP contribution >= 0.6 is 11.8 Å². The Bertz CT molecular complexity index is 331. The number of aromatic nitrogens is 2. The van der Waals surface area contributed by atoms with Gasteiger partial charge in [0.1, 0.15) is 5.03 Å². The first-order valence-electron chi connectivity index (χ1n) is 3.35. The molecule has 1 aromatic rings. The summed E-state index contributed by atoms with van der Waals surface area (Å²) in [7, 11) is 0. The van der Waals surface area contributed by atoms with E-state index in [9.17, 15) is 13.2 Å². The Hall–Kier alpha value is -1.18. The Balaban J connectivity index is 2.92. The number of thioether (sulfide) groups is 1. The van der Waals surface area contributed by atoms with Crippen molar-refractivity contribution in [3.05, 3.63) is 6.07 Å². The van der Waals surface area contributed by atoms with Crippen LogP contribution in [0.15, 0.2) is 11.1 Å². The standard InChI is InChI=1S/C6H6F3N3OS/c1-14-4-2-3(11-5(10)12-4)13-6(7,8)9/h2H,1H3,(H2,10,11,12). The fourth-order valence-corrected chi connectivity index (χ4v) is 1.10. The maximum absolute atomic E-state index is 11.8. The van der Waals surface area contributed by atoms with Crippen molar-refractivity contribution in [2.24, 2.45) is 0 Å². The van der Waals surface area contributed by atoms with Crippen LogP contribution in [0.5, 0.6) is 5.88 Å². The molecule has 0 aliphatic rings. The molecular weight excluding hydrogens is 219 g/mol. The number of hydrogen-bond donors (Lipinski definition) is 1. The Kier molecular flexibility index (Phi) is 3.04. The predicted octanol–water partition coefficient (Wildman–Crippen LogP) is 1.68. The summed E-state index contributed by atoms with van der Waals surface area (Å²) in [5.41, 5.74) is 5.17. The first-order chi connectivity index (χ1) is 6.40. The molecule has 1 heterocycles. The third kappa shape index (κ3) is 3.29. The van der Waals surface area contributed by atoms with Crippen molar-refractivity contribution in [3.8, 4) is 5.88 Å². The zero-order chi connectivity index (χ0) is 10.8. The topological polar surface area (TPSA) is 61.0 Å². The molecule has 0 atom stereocenters. The van der Waals surface area contributed by atoms with E-state index < -0.39 is 12.2 Å². The lowest BCUT2D eigenvalue weighted by Crippen LogP contribution is -2.18. The summed E-state index contributed by atoms with van der Waals surface area (Å²) in [4.78, 5) is 6.94. The van der Waals surface area contributed by atoms with Crippen molar-refractivity contribution in [2.45, 2.75) is 11.4 Å². The number of nitrogens with zero attached hydrogens (tertiary/aromatic N) is 2. The minimum absolute atomic E-state index is 0.254. The predicted molar refractivity (Wildman–Crippen MR) is 44.9 cm³/mol. The summed E-state index contributed by atoms with van der Waals surface area (Å²) < 4.78 is 38.9. The fourth-order valence-electron chi connectivity index (χ4n) is 0.696. The third-order valence-corrected chi connectivity index (χ3v) is 1.75. The summed E-state index contributed by atoms with van der Waals surface area (Å²) >= 11 is 1.14. The molecule has 8 heteroatoms.